The van der Waals surface area contributed by atoms with Gasteiger partial charge in [0.05, 0.1) is 5.54 Å². The molecule has 3 N–H and O–H groups in total. The molecule has 0 saturated heterocycles. The first-order chi connectivity index (χ1) is 10.1. The SMILES string of the molecule is NCC1(NC(=O)c2cc3ccccc3oc2=O)CCCC1. The Balaban J connectivity index is 1.94. The molecule has 1 aromatic carbocycles. The van der Waals surface area contributed by atoms with Gasteiger partial charge in [0.15, 0.2) is 0 Å². The molecule has 0 atom stereocenters. The predicted molar refractivity (Wildman–Crippen MR) is 80.2 cm³/mol. The van der Waals surface area contributed by atoms with Crippen LogP contribution in [-0.2, 0) is 0 Å². The van der Waals surface area contributed by atoms with Crippen LogP contribution in [0.5, 0.6) is 0 Å². The summed E-state index contributed by atoms with van der Waals surface area (Å²) in [6, 6.07) is 8.71. The highest BCUT2D eigenvalue weighted by atomic mass is 16.4. The minimum Gasteiger partial charge on any atom is -0.422 e. The van der Waals surface area contributed by atoms with Gasteiger partial charge in [0, 0.05) is 11.9 Å². The molecule has 0 bridgehead atoms. The highest BCUT2D eigenvalue weighted by Crippen LogP contribution is 2.28. The van der Waals surface area contributed by atoms with Crippen molar-refractivity contribution in [1.29, 1.82) is 0 Å². The highest BCUT2D eigenvalue weighted by Gasteiger charge is 2.34. The van der Waals surface area contributed by atoms with Crippen LogP contribution in [0, 0.1) is 0 Å². The van der Waals surface area contributed by atoms with E-state index in [9.17, 15) is 9.59 Å². The lowest BCUT2D eigenvalue weighted by atomic mass is 9.97. The number of carbonyl (C=O) groups is 1. The van der Waals surface area contributed by atoms with Crippen molar-refractivity contribution in [2.24, 2.45) is 5.73 Å². The summed E-state index contributed by atoms with van der Waals surface area (Å²) in [5, 5.41) is 3.67. The molecule has 110 valence electrons. The first-order valence-corrected chi connectivity index (χ1v) is 7.19. The van der Waals surface area contributed by atoms with E-state index in [1.54, 1.807) is 18.2 Å². The Morgan fingerprint density at radius 3 is 2.71 bits per heavy atom. The first-order valence-electron chi connectivity index (χ1n) is 7.19. The summed E-state index contributed by atoms with van der Waals surface area (Å²) < 4.78 is 5.20. The van der Waals surface area contributed by atoms with E-state index in [1.807, 2.05) is 12.1 Å². The second-order valence-electron chi connectivity index (χ2n) is 5.63. The zero-order valence-electron chi connectivity index (χ0n) is 11.7. The average Bonchev–Trinajstić information content (AvgIpc) is 2.95. The van der Waals surface area contributed by atoms with E-state index in [0.29, 0.717) is 12.1 Å². The van der Waals surface area contributed by atoms with Gasteiger partial charge in [0.1, 0.15) is 11.1 Å². The summed E-state index contributed by atoms with van der Waals surface area (Å²) in [5.41, 5.74) is 5.33. The number of nitrogens with two attached hydrogens (primary N) is 1. The van der Waals surface area contributed by atoms with Crippen LogP contribution in [0.15, 0.2) is 39.5 Å². The molecule has 1 fully saturated rings. The van der Waals surface area contributed by atoms with Gasteiger partial charge in [-0.3, -0.25) is 4.79 Å². The molecule has 0 spiro atoms. The number of benzene rings is 1. The van der Waals surface area contributed by atoms with E-state index in [2.05, 4.69) is 5.32 Å². The number of carbonyl (C=O) groups excluding carboxylic acids is 1. The maximum absolute atomic E-state index is 12.4. The molecule has 2 aromatic rings. The quantitative estimate of drug-likeness (QED) is 0.842. The molecule has 3 rings (SSSR count). The zero-order chi connectivity index (χ0) is 14.9. The third-order valence-electron chi connectivity index (χ3n) is 4.22. The lowest BCUT2D eigenvalue weighted by Crippen LogP contribution is -2.52. The van der Waals surface area contributed by atoms with E-state index in [1.165, 1.54) is 0 Å². The normalized spacial score (nSPS) is 17.0. The fraction of sp³-hybridized carbons (Fsp3) is 0.375. The van der Waals surface area contributed by atoms with Gasteiger partial charge in [0.2, 0.25) is 0 Å². The van der Waals surface area contributed by atoms with Gasteiger partial charge in [-0.1, -0.05) is 31.0 Å². The molecule has 1 amide bonds. The van der Waals surface area contributed by atoms with E-state index in [4.69, 9.17) is 10.2 Å². The Hall–Kier alpha value is -2.14. The van der Waals surface area contributed by atoms with Crippen LogP contribution >= 0.6 is 0 Å². The van der Waals surface area contributed by atoms with Gasteiger partial charge in [-0.25, -0.2) is 4.79 Å². The molecule has 1 aliphatic carbocycles. The van der Waals surface area contributed by atoms with Crippen molar-refractivity contribution in [3.63, 3.8) is 0 Å². The Kier molecular flexibility index (Phi) is 3.51. The molecule has 1 aromatic heterocycles. The highest BCUT2D eigenvalue weighted by molar-refractivity contribution is 5.97. The predicted octanol–water partition coefficient (Wildman–Crippen LogP) is 1.79. The smallest absolute Gasteiger partial charge is 0.349 e. The van der Waals surface area contributed by atoms with E-state index in [0.717, 1.165) is 31.1 Å². The van der Waals surface area contributed by atoms with Crippen LogP contribution < -0.4 is 16.7 Å². The van der Waals surface area contributed by atoms with Gasteiger partial charge in [0.25, 0.3) is 5.91 Å². The van der Waals surface area contributed by atoms with Gasteiger partial charge in [-0.15, -0.1) is 0 Å². The molecule has 21 heavy (non-hydrogen) atoms. The summed E-state index contributed by atoms with van der Waals surface area (Å²) in [4.78, 5) is 24.4. The van der Waals surface area contributed by atoms with Crippen LogP contribution in [0.4, 0.5) is 0 Å². The van der Waals surface area contributed by atoms with Crippen LogP contribution in [0.25, 0.3) is 11.0 Å². The number of amides is 1. The molecule has 5 nitrogen and oxygen atoms in total. The van der Waals surface area contributed by atoms with Crippen molar-refractivity contribution in [3.05, 3.63) is 46.3 Å². The molecule has 1 saturated carbocycles. The van der Waals surface area contributed by atoms with Gasteiger partial charge >= 0.3 is 5.63 Å². The van der Waals surface area contributed by atoms with Crippen molar-refractivity contribution in [3.8, 4) is 0 Å². The largest absolute Gasteiger partial charge is 0.422 e. The summed E-state index contributed by atoms with van der Waals surface area (Å²) in [6.45, 7) is 0.387. The Morgan fingerprint density at radius 2 is 2.00 bits per heavy atom. The standard InChI is InChI=1S/C16H18N2O3/c17-10-16(7-3-4-8-16)18-14(19)12-9-11-5-1-2-6-13(11)21-15(12)20/h1-2,5-6,9H,3-4,7-8,10,17H2,(H,18,19). The second-order valence-corrected chi connectivity index (χ2v) is 5.63. The minimum absolute atomic E-state index is 0.0356. The number of nitrogens with one attached hydrogen (secondary N) is 1. The number of para-hydroxylation sites is 1. The monoisotopic (exact) mass is 286 g/mol. The molecule has 0 aliphatic heterocycles. The molecule has 5 heteroatoms. The lowest BCUT2D eigenvalue weighted by Gasteiger charge is -2.28. The molecule has 0 radical (unpaired) electrons. The molecule has 1 aliphatic rings. The number of hydrogen-bond acceptors (Lipinski definition) is 4. The van der Waals surface area contributed by atoms with Crippen LogP contribution in [-0.4, -0.2) is 18.0 Å². The topological polar surface area (TPSA) is 85.3 Å². The summed E-state index contributed by atoms with van der Waals surface area (Å²) in [5.74, 6) is -0.401. The van der Waals surface area contributed by atoms with Crippen molar-refractivity contribution in [2.45, 2.75) is 31.2 Å². The third-order valence-corrected chi connectivity index (χ3v) is 4.22. The van der Waals surface area contributed by atoms with Gasteiger partial charge < -0.3 is 15.5 Å². The summed E-state index contributed by atoms with van der Waals surface area (Å²) in [7, 11) is 0. The fourth-order valence-corrected chi connectivity index (χ4v) is 2.96. The van der Waals surface area contributed by atoms with E-state index < -0.39 is 11.5 Å². The lowest BCUT2D eigenvalue weighted by molar-refractivity contribution is 0.0899. The summed E-state index contributed by atoms with van der Waals surface area (Å²) in [6.07, 6.45) is 3.80. The van der Waals surface area contributed by atoms with Crippen LogP contribution in [0.1, 0.15) is 36.0 Å². The molecular weight excluding hydrogens is 268 g/mol. The Morgan fingerprint density at radius 1 is 1.29 bits per heavy atom. The van der Waals surface area contributed by atoms with Gasteiger partial charge in [-0.05, 0) is 25.0 Å². The number of hydrogen-bond donors (Lipinski definition) is 2. The average molecular weight is 286 g/mol. The molecular formula is C16H18N2O3. The van der Waals surface area contributed by atoms with Crippen molar-refractivity contribution < 1.29 is 9.21 Å². The fourth-order valence-electron chi connectivity index (χ4n) is 2.96. The van der Waals surface area contributed by atoms with Gasteiger partial charge in [-0.2, -0.15) is 0 Å². The van der Waals surface area contributed by atoms with Crippen molar-refractivity contribution in [2.75, 3.05) is 6.54 Å². The van der Waals surface area contributed by atoms with Crippen LogP contribution in [0.3, 0.4) is 0 Å². The van der Waals surface area contributed by atoms with E-state index >= 15 is 0 Å². The Labute approximate surface area is 122 Å². The first kappa shape index (κ1) is 13.8. The van der Waals surface area contributed by atoms with Crippen LogP contribution in [0.2, 0.25) is 0 Å². The summed E-state index contributed by atoms with van der Waals surface area (Å²) >= 11 is 0. The maximum Gasteiger partial charge on any atom is 0.349 e. The van der Waals surface area contributed by atoms with Crippen molar-refractivity contribution in [1.82, 2.24) is 5.32 Å². The zero-order valence-corrected chi connectivity index (χ0v) is 11.7. The van der Waals surface area contributed by atoms with E-state index in [-0.39, 0.29) is 11.1 Å². The number of fused-ring (bicyclic) bond motifs is 1. The Bertz CT molecular complexity index is 730. The second kappa shape index (κ2) is 5.33. The molecule has 1 heterocycles. The third kappa shape index (κ3) is 2.56. The van der Waals surface area contributed by atoms with Crippen molar-refractivity contribution >= 4 is 16.9 Å². The minimum atomic E-state index is -0.614. The molecule has 0 unspecified atom stereocenters. The number of rotatable bonds is 3. The maximum atomic E-state index is 12.4.